The van der Waals surface area contributed by atoms with Gasteiger partial charge in [0.1, 0.15) is 22.9 Å². The van der Waals surface area contributed by atoms with Crippen molar-refractivity contribution in [2.75, 3.05) is 0 Å². The number of carboxylic acids is 1. The van der Waals surface area contributed by atoms with Gasteiger partial charge < -0.3 is 24.9 Å². The molecule has 0 unspecified atom stereocenters. The van der Waals surface area contributed by atoms with Gasteiger partial charge in [-0.2, -0.15) is 0 Å². The minimum Gasteiger partial charge on any atom is -0.508 e. The molecule has 0 aliphatic heterocycles. The van der Waals surface area contributed by atoms with Crippen molar-refractivity contribution in [3.05, 3.63) is 24.0 Å². The van der Waals surface area contributed by atoms with E-state index in [0.717, 1.165) is 18.2 Å². The Hall–Kier alpha value is -2.70. The maximum absolute atomic E-state index is 10.6. The molecule has 7 heteroatoms. The highest BCUT2D eigenvalue weighted by atomic mass is 16.5. The number of nitrogens with zero attached hydrogens (tertiary/aromatic N) is 1. The molecule has 0 spiro atoms. The first-order chi connectivity index (χ1) is 7.99. The Kier molecular flexibility index (Phi) is 2.36. The SMILES string of the molecule is O=C(O)c1cc(-c2c(O)cc(O)cc2O)no1. The molecule has 0 aliphatic carbocycles. The van der Waals surface area contributed by atoms with Crippen molar-refractivity contribution < 1.29 is 29.7 Å². The summed E-state index contributed by atoms with van der Waals surface area (Å²) in [6.07, 6.45) is 0. The molecule has 7 nitrogen and oxygen atoms in total. The molecule has 2 rings (SSSR count). The van der Waals surface area contributed by atoms with Gasteiger partial charge in [0.25, 0.3) is 0 Å². The number of benzene rings is 1. The highest BCUT2D eigenvalue weighted by Gasteiger charge is 2.18. The highest BCUT2D eigenvalue weighted by Crippen LogP contribution is 2.39. The number of phenols is 3. The highest BCUT2D eigenvalue weighted by molar-refractivity contribution is 5.86. The van der Waals surface area contributed by atoms with Crippen molar-refractivity contribution in [2.24, 2.45) is 0 Å². The Balaban J connectivity index is 2.56. The molecule has 0 saturated carbocycles. The number of aromatic hydroxyl groups is 3. The van der Waals surface area contributed by atoms with Crippen molar-refractivity contribution in [1.82, 2.24) is 5.16 Å². The van der Waals surface area contributed by atoms with Gasteiger partial charge in [-0.15, -0.1) is 0 Å². The van der Waals surface area contributed by atoms with Crippen LogP contribution in [0.25, 0.3) is 11.3 Å². The molecule has 0 aliphatic rings. The van der Waals surface area contributed by atoms with Crippen molar-refractivity contribution in [3.8, 4) is 28.5 Å². The van der Waals surface area contributed by atoms with Gasteiger partial charge in [0.15, 0.2) is 0 Å². The first kappa shape index (κ1) is 10.8. The second-order valence-electron chi connectivity index (χ2n) is 3.24. The maximum atomic E-state index is 10.6. The number of hydrogen-bond acceptors (Lipinski definition) is 6. The summed E-state index contributed by atoms with van der Waals surface area (Å²) in [5.74, 6) is -2.94. The minimum atomic E-state index is -1.32. The average Bonchev–Trinajstić information content (AvgIpc) is 2.65. The lowest BCUT2D eigenvalue weighted by atomic mass is 10.1. The van der Waals surface area contributed by atoms with Crippen molar-refractivity contribution >= 4 is 5.97 Å². The number of carboxylic acid groups (broad SMARTS) is 1. The van der Waals surface area contributed by atoms with Gasteiger partial charge in [-0.05, 0) is 0 Å². The van der Waals surface area contributed by atoms with Crippen LogP contribution in [0, 0.1) is 0 Å². The molecule has 1 aromatic heterocycles. The molecule has 88 valence electrons. The van der Waals surface area contributed by atoms with Gasteiger partial charge in [0, 0.05) is 18.2 Å². The van der Waals surface area contributed by atoms with E-state index in [1.54, 1.807) is 0 Å². The Morgan fingerprint density at radius 1 is 1.12 bits per heavy atom. The van der Waals surface area contributed by atoms with E-state index < -0.39 is 23.2 Å². The monoisotopic (exact) mass is 237 g/mol. The zero-order valence-corrected chi connectivity index (χ0v) is 8.28. The summed E-state index contributed by atoms with van der Waals surface area (Å²) in [7, 11) is 0. The molecular formula is C10H7NO6. The summed E-state index contributed by atoms with van der Waals surface area (Å²) in [5, 5.41) is 40.2. The second-order valence-corrected chi connectivity index (χ2v) is 3.24. The van der Waals surface area contributed by atoms with Crippen LogP contribution < -0.4 is 0 Å². The van der Waals surface area contributed by atoms with E-state index in [-0.39, 0.29) is 17.0 Å². The fourth-order valence-corrected chi connectivity index (χ4v) is 1.35. The molecule has 1 heterocycles. The lowest BCUT2D eigenvalue weighted by molar-refractivity contribution is 0.0652. The fourth-order valence-electron chi connectivity index (χ4n) is 1.35. The van der Waals surface area contributed by atoms with Gasteiger partial charge >= 0.3 is 5.97 Å². The molecule has 0 atom stereocenters. The zero-order chi connectivity index (χ0) is 12.6. The summed E-state index contributed by atoms with van der Waals surface area (Å²) in [6.45, 7) is 0. The number of aromatic carboxylic acids is 1. The van der Waals surface area contributed by atoms with Gasteiger partial charge in [-0.25, -0.2) is 4.79 Å². The van der Waals surface area contributed by atoms with Crippen molar-refractivity contribution in [3.63, 3.8) is 0 Å². The Labute approximate surface area is 94.2 Å². The predicted octanol–water partition coefficient (Wildman–Crippen LogP) is 1.16. The first-order valence-corrected chi connectivity index (χ1v) is 4.44. The van der Waals surface area contributed by atoms with Crippen molar-refractivity contribution in [2.45, 2.75) is 0 Å². The topological polar surface area (TPSA) is 124 Å². The number of carbonyl (C=O) groups is 1. The third kappa shape index (κ3) is 1.85. The number of aromatic nitrogens is 1. The fraction of sp³-hybridized carbons (Fsp3) is 0. The van der Waals surface area contributed by atoms with Crippen molar-refractivity contribution in [1.29, 1.82) is 0 Å². The van der Waals surface area contributed by atoms with Crippen LogP contribution in [-0.2, 0) is 0 Å². The van der Waals surface area contributed by atoms with Crippen LogP contribution in [0.2, 0.25) is 0 Å². The molecule has 17 heavy (non-hydrogen) atoms. The van der Waals surface area contributed by atoms with Gasteiger partial charge in [-0.3, -0.25) is 0 Å². The molecule has 0 amide bonds. The van der Waals surface area contributed by atoms with Crippen LogP contribution in [0.3, 0.4) is 0 Å². The summed E-state index contributed by atoms with van der Waals surface area (Å²) in [6, 6.07) is 3.03. The first-order valence-electron chi connectivity index (χ1n) is 4.44. The van der Waals surface area contributed by atoms with E-state index in [2.05, 4.69) is 9.68 Å². The maximum Gasteiger partial charge on any atom is 0.374 e. The third-order valence-electron chi connectivity index (χ3n) is 2.06. The number of rotatable bonds is 2. The van der Waals surface area contributed by atoms with E-state index in [1.165, 1.54) is 0 Å². The smallest absolute Gasteiger partial charge is 0.374 e. The zero-order valence-electron chi connectivity index (χ0n) is 8.28. The normalized spacial score (nSPS) is 10.4. The molecule has 0 radical (unpaired) electrons. The van der Waals surface area contributed by atoms with Gasteiger partial charge in [0.05, 0.1) is 5.56 Å². The van der Waals surface area contributed by atoms with Gasteiger partial charge in [-0.1, -0.05) is 5.16 Å². The molecule has 0 saturated heterocycles. The van der Waals surface area contributed by atoms with Crippen LogP contribution in [-0.4, -0.2) is 31.6 Å². The summed E-state index contributed by atoms with van der Waals surface area (Å²) >= 11 is 0. The predicted molar refractivity (Wildman–Crippen MR) is 53.9 cm³/mol. The van der Waals surface area contributed by atoms with Crippen LogP contribution in [0.4, 0.5) is 0 Å². The summed E-state index contributed by atoms with van der Waals surface area (Å²) in [5.41, 5.74) is -0.156. The molecular weight excluding hydrogens is 230 g/mol. The molecule has 2 aromatic rings. The van der Waals surface area contributed by atoms with Crippen LogP contribution in [0.15, 0.2) is 22.7 Å². The summed E-state index contributed by atoms with van der Waals surface area (Å²) in [4.78, 5) is 10.6. The second kappa shape index (κ2) is 3.71. The molecule has 4 N–H and O–H groups in total. The standard InChI is InChI=1S/C10H7NO6/c12-4-1-6(13)9(7(14)2-4)5-3-8(10(15)16)17-11-5/h1-3,12-14H,(H,15,16). The van der Waals surface area contributed by atoms with E-state index in [4.69, 9.17) is 10.2 Å². The Morgan fingerprint density at radius 2 is 1.71 bits per heavy atom. The van der Waals surface area contributed by atoms with Crippen LogP contribution in [0.1, 0.15) is 10.6 Å². The number of phenolic OH excluding ortho intramolecular Hbond substituents is 3. The van der Waals surface area contributed by atoms with Crippen LogP contribution >= 0.6 is 0 Å². The third-order valence-corrected chi connectivity index (χ3v) is 2.06. The lowest BCUT2D eigenvalue weighted by Crippen LogP contribution is -1.91. The largest absolute Gasteiger partial charge is 0.508 e. The molecule has 1 aromatic carbocycles. The summed E-state index contributed by atoms with van der Waals surface area (Å²) < 4.78 is 4.49. The van der Waals surface area contributed by atoms with Gasteiger partial charge in [0.2, 0.25) is 5.76 Å². The molecule has 0 bridgehead atoms. The number of hydrogen-bond donors (Lipinski definition) is 4. The van der Waals surface area contributed by atoms with E-state index >= 15 is 0 Å². The Bertz CT molecular complexity index is 565. The molecule has 0 fully saturated rings. The van der Waals surface area contributed by atoms with Crippen LogP contribution in [0.5, 0.6) is 17.2 Å². The lowest BCUT2D eigenvalue weighted by Gasteiger charge is -2.04. The quantitative estimate of drug-likeness (QED) is 0.617. The van der Waals surface area contributed by atoms with E-state index in [9.17, 15) is 15.0 Å². The van der Waals surface area contributed by atoms with E-state index in [0.29, 0.717) is 0 Å². The Morgan fingerprint density at radius 3 is 2.18 bits per heavy atom. The van der Waals surface area contributed by atoms with E-state index in [1.807, 2.05) is 0 Å². The average molecular weight is 237 g/mol. The minimum absolute atomic E-state index is 0.0441.